The highest BCUT2D eigenvalue weighted by Crippen LogP contribution is 2.44. The van der Waals surface area contributed by atoms with Crippen LogP contribution in [0.25, 0.3) is 0 Å². The third-order valence-electron chi connectivity index (χ3n) is 4.76. The van der Waals surface area contributed by atoms with E-state index >= 15 is 0 Å². The van der Waals surface area contributed by atoms with Gasteiger partial charge >= 0.3 is 0 Å². The fourth-order valence-corrected chi connectivity index (χ4v) is 2.75. The summed E-state index contributed by atoms with van der Waals surface area (Å²) >= 11 is 0. The maximum atomic E-state index is 3.83. The van der Waals surface area contributed by atoms with Crippen molar-refractivity contribution >= 4 is 0 Å². The van der Waals surface area contributed by atoms with Gasteiger partial charge in [0.05, 0.1) is 0 Å². The molecule has 0 aromatic heterocycles. The lowest BCUT2D eigenvalue weighted by molar-refractivity contribution is 0.204. The van der Waals surface area contributed by atoms with Gasteiger partial charge in [0, 0.05) is 25.2 Å². The number of hydrogen-bond acceptors (Lipinski definition) is 2. The second-order valence-electron chi connectivity index (χ2n) is 6.62. The summed E-state index contributed by atoms with van der Waals surface area (Å²) in [5.74, 6) is 2.80. The number of likely N-dealkylation sites (N-methyl/N-ethyl adjacent to an activating group) is 1. The maximum absolute atomic E-state index is 3.83. The van der Waals surface area contributed by atoms with Crippen molar-refractivity contribution < 1.29 is 0 Å². The van der Waals surface area contributed by atoms with Crippen LogP contribution in [0.2, 0.25) is 0 Å². The molecule has 0 bridgehead atoms. The van der Waals surface area contributed by atoms with Crippen LogP contribution in [0.15, 0.2) is 0 Å². The molecule has 2 heteroatoms. The Hall–Kier alpha value is -0.0800. The van der Waals surface area contributed by atoms with E-state index in [0.29, 0.717) is 6.04 Å². The summed E-state index contributed by atoms with van der Waals surface area (Å²) in [5, 5.41) is 3.83. The van der Waals surface area contributed by atoms with Gasteiger partial charge in [0.25, 0.3) is 0 Å². The molecule has 2 aliphatic rings. The van der Waals surface area contributed by atoms with Gasteiger partial charge < -0.3 is 10.2 Å². The van der Waals surface area contributed by atoms with E-state index in [-0.39, 0.29) is 0 Å². The molecule has 2 fully saturated rings. The average Bonchev–Trinajstić information content (AvgIpc) is 3.15. The Morgan fingerprint density at radius 1 is 1.06 bits per heavy atom. The van der Waals surface area contributed by atoms with Gasteiger partial charge in [0.1, 0.15) is 0 Å². The fourth-order valence-electron chi connectivity index (χ4n) is 2.75. The monoisotopic (exact) mass is 238 g/mol. The van der Waals surface area contributed by atoms with Crippen LogP contribution in [0.1, 0.15) is 46.5 Å². The first-order valence-electron chi connectivity index (χ1n) is 7.53. The molecule has 0 aromatic carbocycles. The second kappa shape index (κ2) is 5.71. The first-order chi connectivity index (χ1) is 8.09. The van der Waals surface area contributed by atoms with Crippen LogP contribution in [0, 0.1) is 17.8 Å². The lowest BCUT2D eigenvalue weighted by Gasteiger charge is -2.29. The second-order valence-corrected chi connectivity index (χ2v) is 6.62. The molecule has 0 heterocycles. The zero-order chi connectivity index (χ0) is 12.4. The molecule has 1 N–H and O–H groups in total. The molecule has 2 aliphatic carbocycles. The largest absolute Gasteiger partial charge is 0.312 e. The van der Waals surface area contributed by atoms with Gasteiger partial charge in [-0.15, -0.1) is 0 Å². The van der Waals surface area contributed by atoms with E-state index in [1.54, 1.807) is 0 Å². The van der Waals surface area contributed by atoms with Gasteiger partial charge in [-0.05, 0) is 57.4 Å². The Bertz CT molecular complexity index is 219. The summed E-state index contributed by atoms with van der Waals surface area (Å²) in [7, 11) is 2.26. The maximum Gasteiger partial charge on any atom is 0.0124 e. The molecule has 100 valence electrons. The van der Waals surface area contributed by atoms with E-state index in [9.17, 15) is 0 Å². The highest BCUT2D eigenvalue weighted by Gasteiger charge is 2.40. The number of hydrogen-bond donors (Lipinski definition) is 1. The summed E-state index contributed by atoms with van der Waals surface area (Å²) in [6, 6.07) is 1.55. The number of rotatable bonds is 8. The van der Waals surface area contributed by atoms with Crippen molar-refractivity contribution in [2.75, 3.05) is 20.1 Å². The van der Waals surface area contributed by atoms with Crippen molar-refractivity contribution in [1.82, 2.24) is 10.2 Å². The van der Waals surface area contributed by atoms with Crippen molar-refractivity contribution in [1.29, 1.82) is 0 Å². The summed E-state index contributed by atoms with van der Waals surface area (Å²) < 4.78 is 0. The lowest BCUT2D eigenvalue weighted by Crippen LogP contribution is -2.42. The molecule has 2 saturated carbocycles. The quantitative estimate of drug-likeness (QED) is 0.699. The smallest absolute Gasteiger partial charge is 0.0124 e. The van der Waals surface area contributed by atoms with E-state index < -0.39 is 0 Å². The SMILES string of the molecule is CC(C)C(C)N(C)CCNC(C1CC1)C1CC1. The van der Waals surface area contributed by atoms with E-state index in [2.05, 4.69) is 38.0 Å². The third-order valence-corrected chi connectivity index (χ3v) is 4.76. The minimum absolute atomic E-state index is 0.692. The normalized spacial score (nSPS) is 22.8. The van der Waals surface area contributed by atoms with Crippen LogP contribution in [0.4, 0.5) is 0 Å². The van der Waals surface area contributed by atoms with Crippen molar-refractivity contribution in [3.8, 4) is 0 Å². The molecule has 0 aliphatic heterocycles. The van der Waals surface area contributed by atoms with Gasteiger partial charge in [0.2, 0.25) is 0 Å². The predicted molar refractivity (Wildman–Crippen MR) is 74.2 cm³/mol. The van der Waals surface area contributed by atoms with Gasteiger partial charge in [-0.25, -0.2) is 0 Å². The molecule has 0 aromatic rings. The molecular weight excluding hydrogens is 208 g/mol. The molecule has 0 radical (unpaired) electrons. The van der Waals surface area contributed by atoms with Crippen LogP contribution in [0.3, 0.4) is 0 Å². The molecule has 0 spiro atoms. The van der Waals surface area contributed by atoms with E-state index in [4.69, 9.17) is 0 Å². The molecule has 2 nitrogen and oxygen atoms in total. The molecule has 1 atom stereocenters. The highest BCUT2D eigenvalue weighted by molar-refractivity contribution is 4.96. The minimum Gasteiger partial charge on any atom is -0.312 e. The van der Waals surface area contributed by atoms with Crippen molar-refractivity contribution in [2.45, 2.75) is 58.5 Å². The Balaban J connectivity index is 1.64. The van der Waals surface area contributed by atoms with Crippen LogP contribution in [-0.4, -0.2) is 37.1 Å². The lowest BCUT2D eigenvalue weighted by atomic mass is 10.1. The predicted octanol–water partition coefficient (Wildman–Crippen LogP) is 2.74. The summed E-state index contributed by atoms with van der Waals surface area (Å²) in [6.07, 6.45) is 5.91. The molecule has 0 amide bonds. The molecule has 1 unspecified atom stereocenters. The summed E-state index contributed by atoms with van der Waals surface area (Å²) in [4.78, 5) is 2.49. The van der Waals surface area contributed by atoms with Crippen LogP contribution in [0.5, 0.6) is 0 Å². The molecule has 2 rings (SSSR count). The van der Waals surface area contributed by atoms with Crippen LogP contribution >= 0.6 is 0 Å². The Kier molecular flexibility index (Phi) is 4.48. The minimum atomic E-state index is 0.692. The van der Waals surface area contributed by atoms with Gasteiger partial charge in [-0.1, -0.05) is 13.8 Å². The Labute approximate surface area is 107 Å². The first kappa shape index (κ1) is 13.4. The van der Waals surface area contributed by atoms with E-state index in [1.165, 1.54) is 38.8 Å². The van der Waals surface area contributed by atoms with Crippen LogP contribution in [-0.2, 0) is 0 Å². The molecule has 0 saturated heterocycles. The van der Waals surface area contributed by atoms with Crippen LogP contribution < -0.4 is 5.32 Å². The van der Waals surface area contributed by atoms with Gasteiger partial charge in [0.15, 0.2) is 0 Å². The van der Waals surface area contributed by atoms with Crippen molar-refractivity contribution in [3.05, 3.63) is 0 Å². The Morgan fingerprint density at radius 3 is 2.00 bits per heavy atom. The van der Waals surface area contributed by atoms with E-state index in [1.807, 2.05) is 0 Å². The topological polar surface area (TPSA) is 15.3 Å². The number of nitrogens with one attached hydrogen (secondary N) is 1. The van der Waals surface area contributed by atoms with Gasteiger partial charge in [-0.2, -0.15) is 0 Å². The fraction of sp³-hybridized carbons (Fsp3) is 1.00. The highest BCUT2D eigenvalue weighted by atomic mass is 15.1. The molecular formula is C15H30N2. The molecule has 17 heavy (non-hydrogen) atoms. The van der Waals surface area contributed by atoms with Crippen molar-refractivity contribution in [2.24, 2.45) is 17.8 Å². The Morgan fingerprint density at radius 2 is 1.59 bits per heavy atom. The third kappa shape index (κ3) is 3.96. The number of nitrogens with zero attached hydrogens (tertiary/aromatic N) is 1. The first-order valence-corrected chi connectivity index (χ1v) is 7.53. The van der Waals surface area contributed by atoms with E-state index in [0.717, 1.165) is 23.8 Å². The zero-order valence-electron chi connectivity index (χ0n) is 12.1. The summed E-state index contributed by atoms with van der Waals surface area (Å²) in [5.41, 5.74) is 0. The standard InChI is InChI=1S/C15H30N2/c1-11(2)12(3)17(4)10-9-16-15(13-5-6-13)14-7-8-14/h11-16H,5-10H2,1-4H3. The zero-order valence-corrected chi connectivity index (χ0v) is 12.1. The summed E-state index contributed by atoms with van der Waals surface area (Å²) in [6.45, 7) is 9.32. The average molecular weight is 238 g/mol. The van der Waals surface area contributed by atoms with Crippen molar-refractivity contribution in [3.63, 3.8) is 0 Å². The van der Waals surface area contributed by atoms with Gasteiger partial charge in [-0.3, -0.25) is 0 Å².